The van der Waals surface area contributed by atoms with E-state index in [1.54, 1.807) is 0 Å². The molecule has 3 rings (SSSR count). The highest BCUT2D eigenvalue weighted by atomic mass is 35.5. The molecular formula is C20H31ClN4O2. The normalized spacial score (nSPS) is 18.6. The van der Waals surface area contributed by atoms with Gasteiger partial charge in [0.25, 0.3) is 5.91 Å². The number of nitrogens with zero attached hydrogens (tertiary/aromatic N) is 2. The lowest BCUT2D eigenvalue weighted by Crippen LogP contribution is -2.45. The van der Waals surface area contributed by atoms with Crippen molar-refractivity contribution in [3.05, 3.63) is 35.9 Å². The minimum atomic E-state index is 0. The first-order valence-electron chi connectivity index (χ1n) is 9.79. The summed E-state index contributed by atoms with van der Waals surface area (Å²) < 4.78 is 0. The minimum absolute atomic E-state index is 0. The fourth-order valence-corrected chi connectivity index (χ4v) is 3.70. The molecule has 2 aliphatic rings. The molecule has 0 spiro atoms. The second-order valence-corrected chi connectivity index (χ2v) is 7.17. The maximum Gasteiger partial charge on any atom is 0.253 e. The van der Waals surface area contributed by atoms with Gasteiger partial charge in [0.1, 0.15) is 0 Å². The molecule has 7 heteroatoms. The van der Waals surface area contributed by atoms with E-state index < -0.39 is 0 Å². The zero-order chi connectivity index (χ0) is 18.2. The summed E-state index contributed by atoms with van der Waals surface area (Å²) in [6.07, 6.45) is 2.50. The van der Waals surface area contributed by atoms with E-state index in [1.807, 2.05) is 35.2 Å². The number of hydrogen-bond donors (Lipinski definition) is 2. The number of rotatable bonds is 6. The Morgan fingerprint density at radius 3 is 2.37 bits per heavy atom. The van der Waals surface area contributed by atoms with Crippen LogP contribution in [0.15, 0.2) is 30.3 Å². The smallest absolute Gasteiger partial charge is 0.253 e. The second-order valence-electron chi connectivity index (χ2n) is 7.17. The zero-order valence-electron chi connectivity index (χ0n) is 15.9. The topological polar surface area (TPSA) is 64.7 Å². The van der Waals surface area contributed by atoms with Gasteiger partial charge in [0.2, 0.25) is 5.91 Å². The lowest BCUT2D eigenvalue weighted by Gasteiger charge is -2.31. The van der Waals surface area contributed by atoms with Crippen LogP contribution in [0.3, 0.4) is 0 Å². The molecule has 1 aromatic rings. The first-order chi connectivity index (χ1) is 12.7. The van der Waals surface area contributed by atoms with Crippen LogP contribution in [0, 0.1) is 5.92 Å². The number of carbonyl (C=O) groups is 2. The Balaban J connectivity index is 0.00000261. The Bertz CT molecular complexity index is 585. The summed E-state index contributed by atoms with van der Waals surface area (Å²) in [6, 6.07) is 9.37. The fraction of sp³-hybridized carbons (Fsp3) is 0.600. The molecule has 2 fully saturated rings. The van der Waals surface area contributed by atoms with E-state index in [9.17, 15) is 9.59 Å². The summed E-state index contributed by atoms with van der Waals surface area (Å²) in [6.45, 7) is 7.43. The molecule has 2 heterocycles. The van der Waals surface area contributed by atoms with Gasteiger partial charge in [0.05, 0.1) is 0 Å². The highest BCUT2D eigenvalue weighted by Gasteiger charge is 2.27. The molecule has 2 aliphatic heterocycles. The minimum Gasteiger partial charge on any atom is -0.356 e. The fourth-order valence-electron chi connectivity index (χ4n) is 3.70. The number of hydrogen-bond acceptors (Lipinski definition) is 4. The second kappa shape index (κ2) is 11.3. The van der Waals surface area contributed by atoms with Crippen molar-refractivity contribution in [3.63, 3.8) is 0 Å². The van der Waals surface area contributed by atoms with E-state index in [4.69, 9.17) is 0 Å². The van der Waals surface area contributed by atoms with Crippen molar-refractivity contribution in [2.75, 3.05) is 52.4 Å². The zero-order valence-corrected chi connectivity index (χ0v) is 16.7. The standard InChI is InChI=1S/C20H30N4O2.ClH/c25-19(22-9-4-12-23-15-10-21-11-16-23)17-7-13-24(14-8-17)20(26)18-5-2-1-3-6-18;/h1-3,5-6,17,21H,4,7-16H2,(H,22,25);1H. The number of piperidine rings is 1. The summed E-state index contributed by atoms with van der Waals surface area (Å²) in [4.78, 5) is 29.1. The summed E-state index contributed by atoms with van der Waals surface area (Å²) in [7, 11) is 0. The summed E-state index contributed by atoms with van der Waals surface area (Å²) in [5, 5.41) is 6.43. The van der Waals surface area contributed by atoms with Crippen LogP contribution >= 0.6 is 12.4 Å². The molecule has 0 aromatic heterocycles. The molecule has 2 saturated heterocycles. The summed E-state index contributed by atoms with van der Waals surface area (Å²) in [5.41, 5.74) is 0.725. The average Bonchev–Trinajstić information content (AvgIpc) is 2.72. The number of amides is 2. The van der Waals surface area contributed by atoms with Crippen molar-refractivity contribution in [2.24, 2.45) is 5.92 Å². The highest BCUT2D eigenvalue weighted by molar-refractivity contribution is 5.94. The van der Waals surface area contributed by atoms with Gasteiger partial charge in [-0.05, 0) is 37.9 Å². The van der Waals surface area contributed by atoms with Crippen molar-refractivity contribution in [2.45, 2.75) is 19.3 Å². The van der Waals surface area contributed by atoms with Gasteiger partial charge >= 0.3 is 0 Å². The Morgan fingerprint density at radius 2 is 1.70 bits per heavy atom. The highest BCUT2D eigenvalue weighted by Crippen LogP contribution is 2.19. The maximum atomic E-state index is 12.5. The Hall–Kier alpha value is -1.63. The molecule has 27 heavy (non-hydrogen) atoms. The Labute approximate surface area is 168 Å². The molecule has 150 valence electrons. The SMILES string of the molecule is Cl.O=C(NCCCN1CCNCC1)C1CCN(C(=O)c2ccccc2)CC1. The van der Waals surface area contributed by atoms with Crippen LogP contribution in [0.2, 0.25) is 0 Å². The van der Waals surface area contributed by atoms with Gasteiger partial charge in [-0.25, -0.2) is 0 Å². The van der Waals surface area contributed by atoms with Crippen LogP contribution in [0.1, 0.15) is 29.6 Å². The number of carbonyl (C=O) groups excluding carboxylic acids is 2. The average molecular weight is 395 g/mol. The van der Waals surface area contributed by atoms with E-state index in [0.29, 0.717) is 13.1 Å². The van der Waals surface area contributed by atoms with Crippen LogP contribution in [-0.2, 0) is 4.79 Å². The molecule has 0 atom stereocenters. The summed E-state index contributed by atoms with van der Waals surface area (Å²) in [5.74, 6) is 0.256. The molecule has 2 amide bonds. The van der Waals surface area contributed by atoms with E-state index in [1.165, 1.54) is 0 Å². The van der Waals surface area contributed by atoms with Gasteiger partial charge < -0.3 is 20.4 Å². The van der Waals surface area contributed by atoms with Crippen molar-refractivity contribution >= 4 is 24.2 Å². The van der Waals surface area contributed by atoms with Crippen LogP contribution in [-0.4, -0.2) is 74.0 Å². The lowest BCUT2D eigenvalue weighted by atomic mass is 9.95. The molecular weight excluding hydrogens is 364 g/mol. The van der Waals surface area contributed by atoms with Gasteiger partial charge in [-0.1, -0.05) is 18.2 Å². The van der Waals surface area contributed by atoms with Crippen molar-refractivity contribution in [1.82, 2.24) is 20.4 Å². The molecule has 0 bridgehead atoms. The monoisotopic (exact) mass is 394 g/mol. The van der Waals surface area contributed by atoms with Crippen LogP contribution in [0.25, 0.3) is 0 Å². The first kappa shape index (κ1) is 21.7. The van der Waals surface area contributed by atoms with Crippen molar-refractivity contribution in [3.8, 4) is 0 Å². The number of likely N-dealkylation sites (tertiary alicyclic amines) is 1. The first-order valence-corrected chi connectivity index (χ1v) is 9.79. The van der Waals surface area contributed by atoms with Gasteiger partial charge in [-0.15, -0.1) is 12.4 Å². The van der Waals surface area contributed by atoms with Gasteiger partial charge in [0.15, 0.2) is 0 Å². The van der Waals surface area contributed by atoms with E-state index in [-0.39, 0.29) is 30.1 Å². The largest absolute Gasteiger partial charge is 0.356 e. The van der Waals surface area contributed by atoms with E-state index in [0.717, 1.165) is 64.1 Å². The predicted octanol–water partition coefficient (Wildman–Crippen LogP) is 1.37. The van der Waals surface area contributed by atoms with E-state index in [2.05, 4.69) is 15.5 Å². The molecule has 2 N–H and O–H groups in total. The third kappa shape index (κ3) is 6.48. The molecule has 1 aromatic carbocycles. The van der Waals surface area contributed by atoms with Crippen molar-refractivity contribution < 1.29 is 9.59 Å². The Kier molecular flexibility index (Phi) is 9.04. The van der Waals surface area contributed by atoms with Gasteiger partial charge in [-0.2, -0.15) is 0 Å². The molecule has 0 unspecified atom stereocenters. The maximum absolute atomic E-state index is 12.5. The van der Waals surface area contributed by atoms with Crippen LogP contribution < -0.4 is 10.6 Å². The van der Waals surface area contributed by atoms with Crippen LogP contribution in [0.4, 0.5) is 0 Å². The van der Waals surface area contributed by atoms with Gasteiger partial charge in [0, 0.05) is 57.3 Å². The molecule has 0 saturated carbocycles. The number of nitrogens with one attached hydrogen (secondary N) is 2. The number of benzene rings is 1. The van der Waals surface area contributed by atoms with Gasteiger partial charge in [-0.3, -0.25) is 9.59 Å². The quantitative estimate of drug-likeness (QED) is 0.715. The van der Waals surface area contributed by atoms with E-state index >= 15 is 0 Å². The van der Waals surface area contributed by atoms with Crippen molar-refractivity contribution in [1.29, 1.82) is 0 Å². The summed E-state index contributed by atoms with van der Waals surface area (Å²) >= 11 is 0. The predicted molar refractivity (Wildman–Crippen MR) is 109 cm³/mol. The van der Waals surface area contributed by atoms with Crippen LogP contribution in [0.5, 0.6) is 0 Å². The third-order valence-electron chi connectivity index (χ3n) is 5.33. The molecule has 0 aliphatic carbocycles. The third-order valence-corrected chi connectivity index (χ3v) is 5.33. The lowest BCUT2D eigenvalue weighted by molar-refractivity contribution is -0.126. The molecule has 6 nitrogen and oxygen atoms in total. The number of halogens is 1. The molecule has 0 radical (unpaired) electrons. The Morgan fingerprint density at radius 1 is 1.04 bits per heavy atom. The number of piperazine rings is 1.